The summed E-state index contributed by atoms with van der Waals surface area (Å²) in [5.74, 6) is -1.01. The van der Waals surface area contributed by atoms with Crippen LogP contribution in [0.5, 0.6) is 0 Å². The minimum Gasteiger partial charge on any atom is -0.444 e. The van der Waals surface area contributed by atoms with E-state index >= 15 is 0 Å². The van der Waals surface area contributed by atoms with Gasteiger partial charge in [-0.05, 0) is 50.6 Å². The Bertz CT molecular complexity index is 1190. The van der Waals surface area contributed by atoms with Crippen molar-refractivity contribution in [2.45, 2.75) is 32.9 Å². The summed E-state index contributed by atoms with van der Waals surface area (Å²) in [5.41, 5.74) is 1.46. The van der Waals surface area contributed by atoms with E-state index in [9.17, 15) is 14.0 Å². The van der Waals surface area contributed by atoms with Crippen LogP contribution in [0.1, 0.15) is 31.9 Å². The molecule has 0 atom stereocenters. The number of anilines is 2. The Kier molecular flexibility index (Phi) is 7.97. The lowest BCUT2D eigenvalue weighted by Gasteiger charge is -2.20. The first kappa shape index (κ1) is 24.4. The number of aromatic nitrogens is 2. The summed E-state index contributed by atoms with van der Waals surface area (Å²) in [7, 11) is 0. The molecule has 3 aromatic rings. The van der Waals surface area contributed by atoms with Gasteiger partial charge in [-0.25, -0.2) is 9.18 Å². The summed E-state index contributed by atoms with van der Waals surface area (Å²) in [6.45, 7) is 5.73. The van der Waals surface area contributed by atoms with Gasteiger partial charge >= 0.3 is 6.09 Å². The molecule has 8 heteroatoms. The molecule has 0 aliphatic carbocycles. The van der Waals surface area contributed by atoms with Crippen molar-refractivity contribution in [3.8, 4) is 0 Å². The van der Waals surface area contributed by atoms with Gasteiger partial charge in [0.25, 0.3) is 0 Å². The Hall–Kier alpha value is -4.20. The Labute approximate surface area is 197 Å². The zero-order chi connectivity index (χ0) is 24.6. The molecule has 7 nitrogen and oxygen atoms in total. The fraction of sp³-hybridized carbons (Fsp3) is 0.192. The molecule has 0 fully saturated rings. The molecule has 0 aliphatic rings. The first-order valence-corrected chi connectivity index (χ1v) is 10.7. The van der Waals surface area contributed by atoms with E-state index in [0.29, 0.717) is 6.54 Å². The van der Waals surface area contributed by atoms with E-state index in [4.69, 9.17) is 4.74 Å². The summed E-state index contributed by atoms with van der Waals surface area (Å²) < 4.78 is 20.6. The fourth-order valence-corrected chi connectivity index (χ4v) is 2.92. The van der Waals surface area contributed by atoms with Gasteiger partial charge in [0.05, 0.1) is 24.1 Å². The third-order valence-corrected chi connectivity index (χ3v) is 4.36. The molecule has 0 bridgehead atoms. The summed E-state index contributed by atoms with van der Waals surface area (Å²) in [5, 5.41) is 9.37. The Balaban J connectivity index is 1.59. The topological polar surface area (TPSA) is 85.2 Å². The summed E-state index contributed by atoms with van der Waals surface area (Å²) >= 11 is 0. The largest absolute Gasteiger partial charge is 0.444 e. The number of rotatable bonds is 7. The number of carbonyl (C=O) groups excluding carboxylic acids is 2. The van der Waals surface area contributed by atoms with Crippen LogP contribution in [0.4, 0.5) is 20.6 Å². The molecular formula is C26H27FN4O3. The molecule has 0 aliphatic heterocycles. The van der Waals surface area contributed by atoms with Crippen molar-refractivity contribution >= 4 is 35.5 Å². The normalized spacial score (nSPS) is 11.6. The lowest BCUT2D eigenvalue weighted by atomic mass is 10.2. The Morgan fingerprint density at radius 3 is 2.53 bits per heavy atom. The lowest BCUT2D eigenvalue weighted by Crippen LogP contribution is -2.27. The van der Waals surface area contributed by atoms with Gasteiger partial charge in [-0.3, -0.25) is 14.8 Å². The number of amides is 2. The van der Waals surface area contributed by atoms with Gasteiger partial charge in [-0.15, -0.1) is 0 Å². The number of allylic oxidation sites excluding steroid dienone is 1. The van der Waals surface area contributed by atoms with Crippen LogP contribution in [0, 0.1) is 5.82 Å². The molecule has 2 aromatic carbocycles. The standard InChI is InChI=1S/C26H27FN4O3/c1-26(2,3)34-25(33)30-23-16-21(27)12-13-22(23)29-24(32)14-11-20-17-28-31(18-20)15-7-10-19-8-5-4-6-9-19/h4-14,16-18H,15H2,1-3H3,(H,29,32)(H,30,33)/b10-7+,14-11+. The minimum absolute atomic E-state index is 0.0917. The van der Waals surface area contributed by atoms with Crippen LogP contribution >= 0.6 is 0 Å². The quantitative estimate of drug-likeness (QED) is 0.439. The zero-order valence-corrected chi connectivity index (χ0v) is 19.3. The molecule has 0 saturated heterocycles. The third kappa shape index (κ3) is 8.05. The maximum atomic E-state index is 13.7. The number of benzene rings is 2. The van der Waals surface area contributed by atoms with Gasteiger partial charge in [0.15, 0.2) is 0 Å². The fourth-order valence-electron chi connectivity index (χ4n) is 2.92. The summed E-state index contributed by atoms with van der Waals surface area (Å²) in [6.07, 6.45) is 9.66. The van der Waals surface area contributed by atoms with Crippen molar-refractivity contribution in [3.63, 3.8) is 0 Å². The molecule has 34 heavy (non-hydrogen) atoms. The van der Waals surface area contributed by atoms with Crippen LogP contribution in [0.3, 0.4) is 0 Å². The SMILES string of the molecule is CC(C)(C)OC(=O)Nc1cc(F)ccc1NC(=O)/C=C/c1cnn(C/C=C/c2ccccc2)c1. The molecule has 1 aromatic heterocycles. The van der Waals surface area contributed by atoms with Gasteiger partial charge in [-0.2, -0.15) is 5.10 Å². The number of ether oxygens (including phenoxy) is 1. The van der Waals surface area contributed by atoms with Crippen molar-refractivity contribution in [2.75, 3.05) is 10.6 Å². The molecule has 0 unspecified atom stereocenters. The van der Waals surface area contributed by atoms with Gasteiger partial charge < -0.3 is 10.1 Å². The Morgan fingerprint density at radius 1 is 1.03 bits per heavy atom. The second-order valence-corrected chi connectivity index (χ2v) is 8.45. The predicted octanol–water partition coefficient (Wildman–Crippen LogP) is 5.73. The summed E-state index contributed by atoms with van der Waals surface area (Å²) in [6, 6.07) is 13.6. The van der Waals surface area contributed by atoms with Crippen LogP contribution in [0.25, 0.3) is 12.2 Å². The number of halogens is 1. The zero-order valence-electron chi connectivity index (χ0n) is 19.3. The number of hydrogen-bond donors (Lipinski definition) is 2. The first-order chi connectivity index (χ1) is 16.2. The highest BCUT2D eigenvalue weighted by Gasteiger charge is 2.18. The smallest absolute Gasteiger partial charge is 0.412 e. The minimum atomic E-state index is -0.752. The molecule has 3 rings (SSSR count). The Morgan fingerprint density at radius 2 is 1.79 bits per heavy atom. The second kappa shape index (κ2) is 11.1. The van der Waals surface area contributed by atoms with Crippen LogP contribution in [0.15, 0.2) is 73.1 Å². The van der Waals surface area contributed by atoms with E-state index in [2.05, 4.69) is 15.7 Å². The lowest BCUT2D eigenvalue weighted by molar-refractivity contribution is -0.111. The van der Waals surface area contributed by atoms with E-state index in [1.165, 1.54) is 18.2 Å². The molecule has 0 saturated carbocycles. The average molecular weight is 463 g/mol. The van der Waals surface area contributed by atoms with Crippen LogP contribution < -0.4 is 10.6 Å². The maximum Gasteiger partial charge on any atom is 0.412 e. The van der Waals surface area contributed by atoms with Gasteiger partial charge in [0.2, 0.25) is 5.91 Å². The van der Waals surface area contributed by atoms with Crippen LogP contribution in [-0.2, 0) is 16.1 Å². The van der Waals surface area contributed by atoms with Crippen LogP contribution in [-0.4, -0.2) is 27.4 Å². The van der Waals surface area contributed by atoms with Crippen LogP contribution in [0.2, 0.25) is 0 Å². The molecule has 2 N–H and O–H groups in total. The van der Waals surface area contributed by atoms with Crippen molar-refractivity contribution in [1.29, 1.82) is 0 Å². The number of nitrogens with zero attached hydrogens (tertiary/aromatic N) is 2. The number of nitrogens with one attached hydrogen (secondary N) is 2. The van der Waals surface area contributed by atoms with E-state index in [-0.39, 0.29) is 11.4 Å². The van der Waals surface area contributed by atoms with E-state index in [0.717, 1.165) is 17.2 Å². The highest BCUT2D eigenvalue weighted by Crippen LogP contribution is 2.24. The monoisotopic (exact) mass is 462 g/mol. The highest BCUT2D eigenvalue weighted by atomic mass is 19.1. The molecule has 1 heterocycles. The van der Waals surface area contributed by atoms with E-state index < -0.39 is 23.4 Å². The maximum absolute atomic E-state index is 13.7. The summed E-state index contributed by atoms with van der Waals surface area (Å²) in [4.78, 5) is 24.4. The third-order valence-electron chi connectivity index (χ3n) is 4.36. The van der Waals surface area contributed by atoms with Crippen molar-refractivity contribution in [2.24, 2.45) is 0 Å². The van der Waals surface area contributed by atoms with Crippen molar-refractivity contribution < 1.29 is 18.7 Å². The van der Waals surface area contributed by atoms with Gasteiger partial charge in [0, 0.05) is 17.8 Å². The van der Waals surface area contributed by atoms with Gasteiger partial charge in [-0.1, -0.05) is 42.5 Å². The predicted molar refractivity (Wildman–Crippen MR) is 132 cm³/mol. The molecule has 176 valence electrons. The molecule has 0 spiro atoms. The van der Waals surface area contributed by atoms with E-state index in [1.54, 1.807) is 37.7 Å². The first-order valence-electron chi connectivity index (χ1n) is 10.7. The highest BCUT2D eigenvalue weighted by molar-refractivity contribution is 6.04. The molecular weight excluding hydrogens is 435 g/mol. The molecule has 2 amide bonds. The second-order valence-electron chi connectivity index (χ2n) is 8.45. The van der Waals surface area contributed by atoms with Crippen molar-refractivity contribution in [1.82, 2.24) is 9.78 Å². The number of hydrogen-bond acceptors (Lipinski definition) is 4. The van der Waals surface area contributed by atoms with Gasteiger partial charge in [0.1, 0.15) is 11.4 Å². The number of carbonyl (C=O) groups is 2. The van der Waals surface area contributed by atoms with Crippen molar-refractivity contribution in [3.05, 3.63) is 90.0 Å². The van der Waals surface area contributed by atoms with E-state index in [1.807, 2.05) is 48.7 Å². The average Bonchev–Trinajstić information content (AvgIpc) is 3.21. The molecule has 0 radical (unpaired) electrons.